The van der Waals surface area contributed by atoms with Crippen molar-refractivity contribution in [2.45, 2.75) is 0 Å². The van der Waals surface area contributed by atoms with Gasteiger partial charge in [-0.3, -0.25) is 4.79 Å². The number of ketones is 1. The van der Waals surface area contributed by atoms with Crippen molar-refractivity contribution in [3.8, 4) is 0 Å². The molecule has 4 heteroatoms. The summed E-state index contributed by atoms with van der Waals surface area (Å²) >= 11 is 6.59. The molecule has 0 aliphatic rings. The molecule has 0 aliphatic carbocycles. The monoisotopic (exact) mass is 265 g/mol. The van der Waals surface area contributed by atoms with Crippen LogP contribution in [0, 0.1) is 0 Å². The van der Waals surface area contributed by atoms with E-state index < -0.39 is 0 Å². The number of thiocarbonyl (C=S) groups is 1. The van der Waals surface area contributed by atoms with Gasteiger partial charge in [-0.1, -0.05) is 60.9 Å². The second-order valence-electron chi connectivity index (χ2n) is 3.75. The van der Waals surface area contributed by atoms with Crippen LogP contribution in [0.5, 0.6) is 0 Å². The molecule has 0 radical (unpaired) electrons. The summed E-state index contributed by atoms with van der Waals surface area (Å²) in [4.78, 5) is 13.8. The van der Waals surface area contributed by atoms with Gasteiger partial charge >= 0.3 is 0 Å². The third-order valence-corrected chi connectivity index (χ3v) is 3.92. The summed E-state index contributed by atoms with van der Waals surface area (Å²) in [7, 11) is 3.77. The summed E-state index contributed by atoms with van der Waals surface area (Å²) in [5.41, 5.74) is 1.25. The fourth-order valence-electron chi connectivity index (χ4n) is 1.14. The van der Waals surface area contributed by atoms with Crippen LogP contribution < -0.4 is 0 Å². The molecule has 1 aromatic carbocycles. The zero-order valence-electron chi connectivity index (χ0n) is 9.97. The lowest BCUT2D eigenvalue weighted by Crippen LogP contribution is -2.17. The smallest absolute Gasteiger partial charge is 0.189 e. The van der Waals surface area contributed by atoms with Gasteiger partial charge in [0, 0.05) is 31.0 Å². The third-order valence-electron chi connectivity index (χ3n) is 2.09. The van der Waals surface area contributed by atoms with Gasteiger partial charge in [0.05, 0.1) is 0 Å². The Balaban J connectivity index is 2.55. The van der Waals surface area contributed by atoms with E-state index in [4.69, 9.17) is 12.2 Å². The first kappa shape index (κ1) is 13.9. The van der Waals surface area contributed by atoms with E-state index in [2.05, 4.69) is 6.58 Å². The summed E-state index contributed by atoms with van der Waals surface area (Å²) in [6.45, 7) is 3.81. The van der Waals surface area contributed by atoms with Crippen molar-refractivity contribution in [2.75, 3.05) is 19.8 Å². The minimum absolute atomic E-state index is 0.0142. The van der Waals surface area contributed by atoms with E-state index in [1.54, 1.807) is 12.1 Å². The van der Waals surface area contributed by atoms with Gasteiger partial charge in [-0.25, -0.2) is 0 Å². The average Bonchev–Trinajstić information content (AvgIpc) is 2.35. The van der Waals surface area contributed by atoms with Crippen LogP contribution in [-0.4, -0.2) is 34.9 Å². The molecule has 1 aromatic rings. The Hall–Kier alpha value is -1.13. The summed E-state index contributed by atoms with van der Waals surface area (Å²) in [6, 6.07) is 9.16. The molecule has 0 aromatic heterocycles. The fraction of sp³-hybridized carbons (Fsp3) is 0.231. The quantitative estimate of drug-likeness (QED) is 0.473. The first-order chi connectivity index (χ1) is 8.02. The molecule has 17 heavy (non-hydrogen) atoms. The van der Waals surface area contributed by atoms with Crippen molar-refractivity contribution in [2.24, 2.45) is 0 Å². The van der Waals surface area contributed by atoms with Gasteiger partial charge in [0.2, 0.25) is 0 Å². The predicted molar refractivity (Wildman–Crippen MR) is 78.7 cm³/mol. The highest BCUT2D eigenvalue weighted by Crippen LogP contribution is 2.14. The van der Waals surface area contributed by atoms with E-state index in [9.17, 15) is 4.79 Å². The Kier molecular flexibility index (Phi) is 5.38. The van der Waals surface area contributed by atoms with Crippen molar-refractivity contribution < 1.29 is 4.79 Å². The normalized spacial score (nSPS) is 9.76. The summed E-state index contributed by atoms with van der Waals surface area (Å²) in [6.07, 6.45) is 0. The standard InChI is InChI=1S/C13H15NOS2/c1-10(9-17-13(16)14(2)3)12(15)11-7-5-4-6-8-11/h4-8H,1,9H2,2-3H3. The zero-order chi connectivity index (χ0) is 12.8. The largest absolute Gasteiger partial charge is 0.364 e. The van der Waals surface area contributed by atoms with Crippen molar-refractivity contribution >= 4 is 34.1 Å². The molecule has 0 bridgehead atoms. The molecule has 0 N–H and O–H groups in total. The molecule has 0 aliphatic heterocycles. The number of Topliss-reactive ketones (excluding diaryl/α,β-unsaturated/α-hetero) is 1. The number of benzene rings is 1. The van der Waals surface area contributed by atoms with Crippen molar-refractivity contribution in [1.29, 1.82) is 0 Å². The maximum absolute atomic E-state index is 12.0. The second kappa shape index (κ2) is 6.57. The van der Waals surface area contributed by atoms with Gasteiger partial charge in [-0.05, 0) is 0 Å². The number of nitrogens with zero attached hydrogens (tertiary/aromatic N) is 1. The second-order valence-corrected chi connectivity index (χ2v) is 5.36. The maximum Gasteiger partial charge on any atom is 0.189 e. The number of hydrogen-bond donors (Lipinski definition) is 0. The van der Waals surface area contributed by atoms with Gasteiger partial charge in [-0.15, -0.1) is 0 Å². The van der Waals surface area contributed by atoms with E-state index in [0.717, 1.165) is 4.32 Å². The number of carbonyl (C=O) groups is 1. The van der Waals surface area contributed by atoms with Crippen LogP contribution in [0.2, 0.25) is 0 Å². The Morgan fingerprint density at radius 1 is 1.35 bits per heavy atom. The van der Waals surface area contributed by atoms with Crippen LogP contribution in [-0.2, 0) is 0 Å². The maximum atomic E-state index is 12.0. The Bertz CT molecular complexity index is 426. The third kappa shape index (κ3) is 4.32. The van der Waals surface area contributed by atoms with Crippen molar-refractivity contribution in [3.05, 3.63) is 48.0 Å². The molecule has 0 saturated carbocycles. The summed E-state index contributed by atoms with van der Waals surface area (Å²) in [5, 5.41) is 0. The summed E-state index contributed by atoms with van der Waals surface area (Å²) in [5.74, 6) is 0.518. The van der Waals surface area contributed by atoms with E-state index in [1.807, 2.05) is 37.2 Å². The van der Waals surface area contributed by atoms with Crippen LogP contribution >= 0.6 is 24.0 Å². The molecule has 0 atom stereocenters. The van der Waals surface area contributed by atoms with Gasteiger partial charge in [-0.2, -0.15) is 0 Å². The molecule has 0 fully saturated rings. The Morgan fingerprint density at radius 3 is 2.47 bits per heavy atom. The molecule has 1 rings (SSSR count). The highest BCUT2D eigenvalue weighted by atomic mass is 32.2. The summed E-state index contributed by atoms with van der Waals surface area (Å²) < 4.78 is 0.756. The van der Waals surface area contributed by atoms with E-state index in [-0.39, 0.29) is 5.78 Å². The molecule has 0 amide bonds. The molecule has 0 heterocycles. The molecule has 2 nitrogen and oxygen atoms in total. The molecule has 0 spiro atoms. The molecular weight excluding hydrogens is 250 g/mol. The molecule has 0 saturated heterocycles. The lowest BCUT2D eigenvalue weighted by Gasteiger charge is -2.13. The van der Waals surface area contributed by atoms with Crippen LogP contribution in [0.4, 0.5) is 0 Å². The first-order valence-corrected chi connectivity index (χ1v) is 6.53. The van der Waals surface area contributed by atoms with Crippen LogP contribution in [0.15, 0.2) is 42.5 Å². The van der Waals surface area contributed by atoms with Crippen LogP contribution in [0.3, 0.4) is 0 Å². The van der Waals surface area contributed by atoms with E-state index in [1.165, 1.54) is 11.8 Å². The first-order valence-electron chi connectivity index (χ1n) is 5.14. The molecule has 90 valence electrons. The highest BCUT2D eigenvalue weighted by Gasteiger charge is 2.11. The van der Waals surface area contributed by atoms with Gasteiger partial charge in [0.25, 0.3) is 0 Å². The Labute approximate surface area is 112 Å². The minimum Gasteiger partial charge on any atom is -0.364 e. The number of rotatable bonds is 4. The highest BCUT2D eigenvalue weighted by molar-refractivity contribution is 8.23. The van der Waals surface area contributed by atoms with Gasteiger partial charge < -0.3 is 4.90 Å². The number of hydrogen-bond acceptors (Lipinski definition) is 3. The minimum atomic E-state index is -0.0142. The molecular formula is C13H15NOS2. The predicted octanol–water partition coefficient (Wildman–Crippen LogP) is 3.01. The van der Waals surface area contributed by atoms with Gasteiger partial charge in [0.1, 0.15) is 4.32 Å². The zero-order valence-corrected chi connectivity index (χ0v) is 11.6. The van der Waals surface area contributed by atoms with Crippen LogP contribution in [0.25, 0.3) is 0 Å². The van der Waals surface area contributed by atoms with Crippen LogP contribution in [0.1, 0.15) is 10.4 Å². The number of carbonyl (C=O) groups excluding carboxylic acids is 1. The lowest BCUT2D eigenvalue weighted by atomic mass is 10.1. The molecule has 0 unspecified atom stereocenters. The lowest BCUT2D eigenvalue weighted by molar-refractivity contribution is 0.103. The SMILES string of the molecule is C=C(CSC(=S)N(C)C)C(=O)c1ccccc1. The Morgan fingerprint density at radius 2 is 1.94 bits per heavy atom. The number of thioether (sulfide) groups is 1. The average molecular weight is 265 g/mol. The topological polar surface area (TPSA) is 20.3 Å². The van der Waals surface area contributed by atoms with Crippen molar-refractivity contribution in [3.63, 3.8) is 0 Å². The van der Waals surface area contributed by atoms with Crippen molar-refractivity contribution in [1.82, 2.24) is 4.90 Å². The van der Waals surface area contributed by atoms with Gasteiger partial charge in [0.15, 0.2) is 5.78 Å². The van der Waals surface area contributed by atoms with E-state index in [0.29, 0.717) is 16.9 Å². The van der Waals surface area contributed by atoms with E-state index >= 15 is 0 Å². The fourth-order valence-corrected chi connectivity index (χ4v) is 2.00.